The fourth-order valence-corrected chi connectivity index (χ4v) is 3.78. The van der Waals surface area contributed by atoms with Crippen molar-refractivity contribution in [2.75, 3.05) is 42.9 Å². The van der Waals surface area contributed by atoms with E-state index in [0.29, 0.717) is 18.8 Å². The van der Waals surface area contributed by atoms with Gasteiger partial charge >= 0.3 is 6.03 Å². The molecule has 8 nitrogen and oxygen atoms in total. The average Bonchev–Trinajstić information content (AvgIpc) is 2.83. The van der Waals surface area contributed by atoms with Crippen molar-refractivity contribution in [1.29, 1.82) is 0 Å². The van der Waals surface area contributed by atoms with Crippen LogP contribution in [0.25, 0.3) is 0 Å². The van der Waals surface area contributed by atoms with Gasteiger partial charge in [0.15, 0.2) is 0 Å². The van der Waals surface area contributed by atoms with E-state index < -0.39 is 12.1 Å². The van der Waals surface area contributed by atoms with Gasteiger partial charge in [-0.15, -0.1) is 0 Å². The first kappa shape index (κ1) is 24.1. The van der Waals surface area contributed by atoms with Gasteiger partial charge in [-0.2, -0.15) is 0 Å². The van der Waals surface area contributed by atoms with Gasteiger partial charge in [0.25, 0.3) is 0 Å². The molecule has 176 valence electrons. The van der Waals surface area contributed by atoms with Gasteiger partial charge in [-0.1, -0.05) is 50.2 Å². The largest absolute Gasteiger partial charge is 0.368 e. The summed E-state index contributed by atoms with van der Waals surface area (Å²) in [5.74, 6) is -0.373. The molecule has 1 unspecified atom stereocenters. The summed E-state index contributed by atoms with van der Waals surface area (Å²) < 4.78 is 0. The van der Waals surface area contributed by atoms with Crippen molar-refractivity contribution in [1.82, 2.24) is 15.5 Å². The lowest BCUT2D eigenvalue weighted by Crippen LogP contribution is -2.52. The van der Waals surface area contributed by atoms with Gasteiger partial charge in [0.1, 0.15) is 6.04 Å². The van der Waals surface area contributed by atoms with Crippen molar-refractivity contribution < 1.29 is 14.4 Å². The van der Waals surface area contributed by atoms with Crippen LogP contribution in [0.3, 0.4) is 0 Å². The molecule has 1 saturated heterocycles. The number of amides is 4. The van der Waals surface area contributed by atoms with Gasteiger partial charge < -0.3 is 25.8 Å². The molecule has 0 aliphatic carbocycles. The summed E-state index contributed by atoms with van der Waals surface area (Å²) in [5.41, 5.74) is 1.82. The van der Waals surface area contributed by atoms with Crippen LogP contribution in [0.4, 0.5) is 16.2 Å². The van der Waals surface area contributed by atoms with E-state index in [1.807, 2.05) is 55.1 Å². The number of hydrogen-bond acceptors (Lipinski definition) is 4. The smallest absolute Gasteiger partial charge is 0.319 e. The third kappa shape index (κ3) is 7.24. The van der Waals surface area contributed by atoms with Crippen LogP contribution >= 0.6 is 0 Å². The van der Waals surface area contributed by atoms with E-state index in [9.17, 15) is 14.4 Å². The molecule has 2 aromatic carbocycles. The van der Waals surface area contributed by atoms with Gasteiger partial charge in [0, 0.05) is 50.5 Å². The summed E-state index contributed by atoms with van der Waals surface area (Å²) in [6.07, 6.45) is 0.234. The number of para-hydroxylation sites is 2. The van der Waals surface area contributed by atoms with Crippen LogP contribution in [-0.4, -0.2) is 61.5 Å². The first-order valence-electron chi connectivity index (χ1n) is 11.4. The van der Waals surface area contributed by atoms with Gasteiger partial charge in [0.2, 0.25) is 11.8 Å². The van der Waals surface area contributed by atoms with Gasteiger partial charge in [0.05, 0.1) is 0 Å². The minimum atomic E-state index is -0.696. The molecule has 0 aromatic heterocycles. The van der Waals surface area contributed by atoms with E-state index in [-0.39, 0.29) is 30.7 Å². The molecule has 0 radical (unpaired) electrons. The Balaban J connectivity index is 1.40. The van der Waals surface area contributed by atoms with Gasteiger partial charge in [-0.25, -0.2) is 4.79 Å². The molecule has 0 saturated carbocycles. The second-order valence-electron chi connectivity index (χ2n) is 8.43. The molecule has 0 spiro atoms. The number of anilines is 2. The minimum absolute atomic E-state index is 0.0267. The van der Waals surface area contributed by atoms with E-state index in [1.165, 1.54) is 5.69 Å². The van der Waals surface area contributed by atoms with Crippen LogP contribution in [-0.2, 0) is 9.59 Å². The predicted molar refractivity (Wildman–Crippen MR) is 130 cm³/mol. The number of urea groups is 1. The second kappa shape index (κ2) is 11.9. The lowest BCUT2D eigenvalue weighted by molar-refractivity contribution is -0.131. The third-order valence-corrected chi connectivity index (χ3v) is 5.66. The fraction of sp³-hybridized carbons (Fsp3) is 0.400. The molecule has 1 aliphatic rings. The molecular weight excluding hydrogens is 418 g/mol. The van der Waals surface area contributed by atoms with Crippen molar-refractivity contribution in [2.45, 2.75) is 26.3 Å². The zero-order valence-electron chi connectivity index (χ0n) is 19.3. The molecule has 2 aromatic rings. The quantitative estimate of drug-likeness (QED) is 0.575. The van der Waals surface area contributed by atoms with Crippen molar-refractivity contribution in [3.63, 3.8) is 0 Å². The Hall–Kier alpha value is -3.55. The maximum absolute atomic E-state index is 12.6. The second-order valence-corrected chi connectivity index (χ2v) is 8.43. The molecule has 1 fully saturated rings. The SMILES string of the molecule is CC(C)C(NC(=O)Nc1ccccc1)C(=O)NCCC(=O)N1CCN(c2ccccc2)CC1. The molecular formula is C25H33N5O3. The number of rotatable bonds is 8. The van der Waals surface area contributed by atoms with Crippen molar-refractivity contribution in [3.05, 3.63) is 60.7 Å². The van der Waals surface area contributed by atoms with E-state index >= 15 is 0 Å². The van der Waals surface area contributed by atoms with Crippen LogP contribution in [0, 0.1) is 5.92 Å². The van der Waals surface area contributed by atoms with Crippen LogP contribution in [0.5, 0.6) is 0 Å². The summed E-state index contributed by atoms with van der Waals surface area (Å²) in [6, 6.07) is 18.1. The maximum atomic E-state index is 12.6. The van der Waals surface area contributed by atoms with Crippen LogP contribution in [0.2, 0.25) is 0 Å². The first-order valence-corrected chi connectivity index (χ1v) is 11.4. The van der Waals surface area contributed by atoms with E-state index in [1.54, 1.807) is 12.1 Å². The van der Waals surface area contributed by atoms with Gasteiger partial charge in [-0.3, -0.25) is 9.59 Å². The Labute approximate surface area is 195 Å². The number of nitrogens with zero attached hydrogens (tertiary/aromatic N) is 2. The Kier molecular flexibility index (Phi) is 8.69. The number of carbonyl (C=O) groups excluding carboxylic acids is 3. The fourth-order valence-electron chi connectivity index (χ4n) is 3.78. The molecule has 3 rings (SSSR count). The Morgan fingerprint density at radius 3 is 2.09 bits per heavy atom. The molecule has 8 heteroatoms. The predicted octanol–water partition coefficient (Wildman–Crippen LogP) is 2.69. The van der Waals surface area contributed by atoms with Crippen LogP contribution in [0.1, 0.15) is 20.3 Å². The molecule has 33 heavy (non-hydrogen) atoms. The standard InChI is InChI=1S/C25H33N5O3/c1-19(2)23(28-25(33)27-20-9-5-3-6-10-20)24(32)26-14-13-22(31)30-17-15-29(16-18-30)21-11-7-4-8-12-21/h3-12,19,23H,13-18H2,1-2H3,(H,26,32)(H2,27,28,33). The highest BCUT2D eigenvalue weighted by molar-refractivity contribution is 5.93. The first-order chi connectivity index (χ1) is 15.9. The maximum Gasteiger partial charge on any atom is 0.319 e. The molecule has 1 heterocycles. The van der Waals surface area contributed by atoms with Crippen LogP contribution < -0.4 is 20.9 Å². The summed E-state index contributed by atoms with van der Waals surface area (Å²) in [5, 5.41) is 8.24. The monoisotopic (exact) mass is 451 g/mol. The molecule has 0 bridgehead atoms. The zero-order valence-corrected chi connectivity index (χ0v) is 19.3. The van der Waals surface area contributed by atoms with Crippen molar-refractivity contribution >= 4 is 29.2 Å². The Bertz CT molecular complexity index is 912. The Morgan fingerprint density at radius 1 is 0.879 bits per heavy atom. The van der Waals surface area contributed by atoms with E-state index in [2.05, 4.69) is 33.0 Å². The molecule has 1 aliphatic heterocycles. The summed E-state index contributed by atoms with van der Waals surface area (Å²) in [7, 11) is 0. The van der Waals surface area contributed by atoms with E-state index in [4.69, 9.17) is 0 Å². The Morgan fingerprint density at radius 2 is 1.48 bits per heavy atom. The minimum Gasteiger partial charge on any atom is -0.368 e. The van der Waals surface area contributed by atoms with Crippen molar-refractivity contribution in [2.24, 2.45) is 5.92 Å². The van der Waals surface area contributed by atoms with Crippen LogP contribution in [0.15, 0.2) is 60.7 Å². The number of piperazine rings is 1. The van der Waals surface area contributed by atoms with Crippen molar-refractivity contribution in [3.8, 4) is 0 Å². The number of carbonyl (C=O) groups is 3. The number of benzene rings is 2. The molecule has 1 atom stereocenters. The summed E-state index contributed by atoms with van der Waals surface area (Å²) in [6.45, 7) is 6.88. The molecule has 4 amide bonds. The average molecular weight is 452 g/mol. The lowest BCUT2D eigenvalue weighted by atomic mass is 10.0. The summed E-state index contributed by atoms with van der Waals surface area (Å²) in [4.78, 5) is 41.6. The highest BCUT2D eigenvalue weighted by Crippen LogP contribution is 2.15. The lowest BCUT2D eigenvalue weighted by Gasteiger charge is -2.36. The van der Waals surface area contributed by atoms with E-state index in [0.717, 1.165) is 13.1 Å². The normalized spacial score (nSPS) is 14.5. The third-order valence-electron chi connectivity index (χ3n) is 5.66. The topological polar surface area (TPSA) is 93.8 Å². The zero-order chi connectivity index (χ0) is 23.6. The highest BCUT2D eigenvalue weighted by atomic mass is 16.2. The highest BCUT2D eigenvalue weighted by Gasteiger charge is 2.25. The van der Waals surface area contributed by atoms with Gasteiger partial charge in [-0.05, 0) is 30.2 Å². The number of hydrogen-bond donors (Lipinski definition) is 3. The summed E-state index contributed by atoms with van der Waals surface area (Å²) >= 11 is 0. The number of nitrogens with one attached hydrogen (secondary N) is 3. The molecule has 3 N–H and O–H groups in total.